The summed E-state index contributed by atoms with van der Waals surface area (Å²) in [7, 11) is 0. The molecule has 0 unspecified atom stereocenters. The molecule has 1 rings (SSSR count). The van der Waals surface area contributed by atoms with Gasteiger partial charge in [-0.25, -0.2) is 22.0 Å². The number of hydrogen-bond donors (Lipinski definition) is 1. The lowest BCUT2D eigenvalue weighted by Crippen LogP contribution is -2.27. The van der Waals surface area contributed by atoms with Crippen LogP contribution in [0.3, 0.4) is 0 Å². The minimum Gasteiger partial charge on any atom is -0.466 e. The zero-order chi connectivity index (χ0) is 14.8. The topological polar surface area (TPSA) is 46.5 Å². The van der Waals surface area contributed by atoms with Gasteiger partial charge in [0.1, 0.15) is 6.42 Å². The Kier molecular flexibility index (Phi) is 4.46. The summed E-state index contributed by atoms with van der Waals surface area (Å²) in [5.74, 6) is -13.4. The van der Waals surface area contributed by atoms with Gasteiger partial charge in [-0.3, -0.25) is 4.79 Å². The lowest BCUT2D eigenvalue weighted by Gasteiger charge is -2.19. The second-order valence-corrected chi connectivity index (χ2v) is 3.59. The zero-order valence-electron chi connectivity index (χ0n) is 9.65. The van der Waals surface area contributed by atoms with E-state index < -0.39 is 47.1 Å². The summed E-state index contributed by atoms with van der Waals surface area (Å²) in [6, 6.07) is -0.0625. The van der Waals surface area contributed by atoms with Gasteiger partial charge in [0.15, 0.2) is 23.3 Å². The number of aliphatic hydroxyl groups is 1. The summed E-state index contributed by atoms with van der Waals surface area (Å²) in [5.41, 5.74) is -1.52. The van der Waals surface area contributed by atoms with E-state index in [2.05, 4.69) is 4.74 Å². The van der Waals surface area contributed by atoms with E-state index in [0.29, 0.717) is 0 Å². The van der Waals surface area contributed by atoms with Crippen LogP contribution in [0.1, 0.15) is 18.9 Å². The number of halogens is 5. The Morgan fingerprint density at radius 3 is 2.37 bits per heavy atom. The Morgan fingerprint density at radius 2 is 1.84 bits per heavy atom. The molecule has 0 aliphatic carbocycles. The smallest absolute Gasteiger partial charge is 0.311 e. The number of carbonyl (C=O) groups excluding carboxylic acids is 1. The van der Waals surface area contributed by atoms with Crippen LogP contribution < -0.4 is 0 Å². The summed E-state index contributed by atoms with van der Waals surface area (Å²) in [6.07, 6.45) is -1.39. The van der Waals surface area contributed by atoms with Gasteiger partial charge in [-0.15, -0.1) is 0 Å². The molecule has 0 heterocycles. The minimum absolute atomic E-state index is 0.0625. The van der Waals surface area contributed by atoms with Crippen LogP contribution in [0.5, 0.6) is 0 Å². The van der Waals surface area contributed by atoms with E-state index in [1.165, 1.54) is 6.92 Å². The summed E-state index contributed by atoms with van der Waals surface area (Å²) in [6.45, 7) is 1.26. The molecule has 0 aliphatic rings. The van der Waals surface area contributed by atoms with E-state index in [9.17, 15) is 31.9 Å². The second kappa shape index (κ2) is 5.52. The number of hydrogen-bond acceptors (Lipinski definition) is 3. The van der Waals surface area contributed by atoms with Gasteiger partial charge in [0, 0.05) is 0 Å². The lowest BCUT2D eigenvalue weighted by atomic mass is 10.0. The number of rotatable bonds is 4. The minimum atomic E-state index is -3.72. The fourth-order valence-electron chi connectivity index (χ4n) is 1.35. The predicted octanol–water partition coefficient (Wildman–Crippen LogP) is 2.31. The average molecular weight is 284 g/mol. The first-order chi connectivity index (χ1) is 8.70. The van der Waals surface area contributed by atoms with E-state index in [1.807, 2.05) is 0 Å². The number of carbonyl (C=O) groups is 1. The predicted molar refractivity (Wildman–Crippen MR) is 52.5 cm³/mol. The quantitative estimate of drug-likeness (QED) is 0.399. The van der Waals surface area contributed by atoms with Crippen molar-refractivity contribution in [2.75, 3.05) is 6.61 Å². The molecule has 0 aliphatic heterocycles. The molecule has 106 valence electrons. The van der Waals surface area contributed by atoms with Gasteiger partial charge in [-0.2, -0.15) is 0 Å². The lowest BCUT2D eigenvalue weighted by molar-refractivity contribution is -0.162. The Morgan fingerprint density at radius 1 is 1.26 bits per heavy atom. The highest BCUT2D eigenvalue weighted by atomic mass is 19.2. The van der Waals surface area contributed by atoms with Crippen LogP contribution in [0.15, 0.2) is 6.07 Å². The molecule has 0 spiro atoms. The van der Waals surface area contributed by atoms with Gasteiger partial charge >= 0.3 is 5.97 Å². The van der Waals surface area contributed by atoms with E-state index in [0.717, 1.165) is 0 Å². The number of alkyl halides is 1. The van der Waals surface area contributed by atoms with Crippen molar-refractivity contribution < 1.29 is 36.6 Å². The maximum absolute atomic E-state index is 13.7. The van der Waals surface area contributed by atoms with E-state index >= 15 is 0 Å². The Balaban J connectivity index is 3.18. The molecular weight excluding hydrogens is 275 g/mol. The molecule has 1 aromatic carbocycles. The first-order valence-electron chi connectivity index (χ1n) is 5.11. The molecule has 0 bridgehead atoms. The fourth-order valence-corrected chi connectivity index (χ4v) is 1.35. The fraction of sp³-hybridized carbons (Fsp3) is 0.364. The molecule has 0 fully saturated rings. The van der Waals surface area contributed by atoms with Gasteiger partial charge < -0.3 is 9.84 Å². The molecule has 0 amide bonds. The first-order valence-corrected chi connectivity index (χ1v) is 5.11. The molecule has 0 saturated carbocycles. The Bertz CT molecular complexity index is 502. The van der Waals surface area contributed by atoms with Crippen LogP contribution in [-0.4, -0.2) is 17.7 Å². The molecule has 3 nitrogen and oxygen atoms in total. The van der Waals surface area contributed by atoms with Gasteiger partial charge in [-0.05, 0) is 13.0 Å². The Hall–Kier alpha value is -1.70. The van der Waals surface area contributed by atoms with Gasteiger partial charge in [0.05, 0.1) is 12.2 Å². The third-order valence-corrected chi connectivity index (χ3v) is 2.20. The summed E-state index contributed by atoms with van der Waals surface area (Å²) in [4.78, 5) is 11.0. The molecule has 0 saturated heterocycles. The highest BCUT2D eigenvalue weighted by molar-refractivity contribution is 5.70. The third kappa shape index (κ3) is 3.19. The normalized spacial score (nSPS) is 14.1. The summed E-state index contributed by atoms with van der Waals surface area (Å²) < 4.78 is 69.7. The first kappa shape index (κ1) is 15.4. The maximum atomic E-state index is 13.7. The van der Waals surface area contributed by atoms with E-state index in [1.54, 1.807) is 0 Å². The number of ether oxygens (including phenoxy) is 1. The molecule has 19 heavy (non-hydrogen) atoms. The van der Waals surface area contributed by atoms with Crippen molar-refractivity contribution in [2.24, 2.45) is 0 Å². The molecule has 1 aromatic rings. The maximum Gasteiger partial charge on any atom is 0.311 e. The highest BCUT2D eigenvalue weighted by Gasteiger charge is 2.38. The second-order valence-electron chi connectivity index (χ2n) is 3.59. The standard InChI is InChI=1S/C11H9F5O3/c1-2-19-7(17)4-11(16,18)5-3-6(12)9(14)10(15)8(5)13/h3,18H,2,4H2,1H3/t11-/m1/s1. The van der Waals surface area contributed by atoms with Crippen molar-refractivity contribution >= 4 is 5.97 Å². The average Bonchev–Trinajstić information content (AvgIpc) is 2.30. The zero-order valence-corrected chi connectivity index (χ0v) is 9.65. The van der Waals surface area contributed by atoms with Crippen LogP contribution in [0.4, 0.5) is 22.0 Å². The van der Waals surface area contributed by atoms with Crippen molar-refractivity contribution in [1.29, 1.82) is 0 Å². The summed E-state index contributed by atoms with van der Waals surface area (Å²) in [5, 5.41) is 9.24. The summed E-state index contributed by atoms with van der Waals surface area (Å²) >= 11 is 0. The van der Waals surface area contributed by atoms with Crippen molar-refractivity contribution in [3.63, 3.8) is 0 Å². The van der Waals surface area contributed by atoms with E-state index in [4.69, 9.17) is 0 Å². The third-order valence-electron chi connectivity index (χ3n) is 2.20. The van der Waals surface area contributed by atoms with Crippen molar-refractivity contribution in [3.05, 3.63) is 34.9 Å². The Labute approximate surface area is 104 Å². The van der Waals surface area contributed by atoms with Crippen molar-refractivity contribution in [1.82, 2.24) is 0 Å². The molecule has 0 aromatic heterocycles. The highest BCUT2D eigenvalue weighted by Crippen LogP contribution is 2.32. The van der Waals surface area contributed by atoms with Crippen LogP contribution in [0, 0.1) is 23.3 Å². The van der Waals surface area contributed by atoms with Crippen LogP contribution in [-0.2, 0) is 15.4 Å². The monoisotopic (exact) mass is 284 g/mol. The molecular formula is C11H9F5O3. The molecule has 1 N–H and O–H groups in total. The largest absolute Gasteiger partial charge is 0.466 e. The van der Waals surface area contributed by atoms with Gasteiger partial charge in [-0.1, -0.05) is 0 Å². The molecule has 8 heteroatoms. The van der Waals surface area contributed by atoms with Crippen LogP contribution in [0.25, 0.3) is 0 Å². The number of esters is 1. The van der Waals surface area contributed by atoms with Gasteiger partial charge in [0.25, 0.3) is 0 Å². The van der Waals surface area contributed by atoms with Crippen LogP contribution >= 0.6 is 0 Å². The number of benzene rings is 1. The molecule has 1 atom stereocenters. The van der Waals surface area contributed by atoms with E-state index in [-0.39, 0.29) is 12.7 Å². The SMILES string of the molecule is CCOC(=O)C[C@](O)(F)c1cc(F)c(F)c(F)c1F. The van der Waals surface area contributed by atoms with Crippen LogP contribution in [0.2, 0.25) is 0 Å². The molecule has 0 radical (unpaired) electrons. The van der Waals surface area contributed by atoms with Gasteiger partial charge in [0.2, 0.25) is 5.85 Å². The van der Waals surface area contributed by atoms with Crippen molar-refractivity contribution in [3.8, 4) is 0 Å². The van der Waals surface area contributed by atoms with Crippen molar-refractivity contribution in [2.45, 2.75) is 19.2 Å².